The average molecular weight is 258 g/mol. The molecule has 0 aromatic carbocycles. The Morgan fingerprint density at radius 3 is 2.71 bits per heavy atom. The highest BCUT2D eigenvalue weighted by atomic mass is 35.5. The van der Waals surface area contributed by atoms with Crippen LogP contribution in [0.1, 0.15) is 38.1 Å². The van der Waals surface area contributed by atoms with Crippen molar-refractivity contribution in [3.8, 4) is 0 Å². The Hall–Kier alpha value is -0.540. The second-order valence-corrected chi connectivity index (χ2v) is 5.84. The molecule has 0 aliphatic carbocycles. The van der Waals surface area contributed by atoms with Crippen LogP contribution in [0.25, 0.3) is 0 Å². The maximum absolute atomic E-state index is 5.73. The van der Waals surface area contributed by atoms with Crippen LogP contribution < -0.4 is 5.32 Å². The van der Waals surface area contributed by atoms with Gasteiger partial charge < -0.3 is 5.32 Å². The molecule has 0 amide bonds. The Balaban J connectivity index is 2.34. The highest BCUT2D eigenvalue weighted by Crippen LogP contribution is 2.21. The normalized spacial score (nSPS) is 12.1. The molecule has 0 aliphatic heterocycles. The first-order valence-corrected chi connectivity index (χ1v) is 6.74. The number of alkyl halides is 1. The van der Waals surface area contributed by atoms with Gasteiger partial charge in [0.05, 0.1) is 11.4 Å². The lowest BCUT2D eigenvalue weighted by Gasteiger charge is -2.24. The molecule has 0 bridgehead atoms. The lowest BCUT2D eigenvalue weighted by atomic mass is 9.88. The van der Waals surface area contributed by atoms with Crippen molar-refractivity contribution < 1.29 is 0 Å². The van der Waals surface area contributed by atoms with Crippen molar-refractivity contribution in [1.82, 2.24) is 15.1 Å². The van der Waals surface area contributed by atoms with Crippen molar-refractivity contribution in [2.45, 2.75) is 40.2 Å². The highest BCUT2D eigenvalue weighted by molar-refractivity contribution is 6.17. The zero-order chi connectivity index (χ0) is 12.9. The van der Waals surface area contributed by atoms with E-state index in [1.165, 1.54) is 5.69 Å². The van der Waals surface area contributed by atoms with E-state index in [-0.39, 0.29) is 0 Å². The standard InChI is InChI=1S/C13H24ClN3/c1-11-8-12(17(4)16-11)9-15-10-13(2,3)6-5-7-14/h8,15H,5-7,9-10H2,1-4H3. The van der Waals surface area contributed by atoms with Crippen LogP contribution in [-0.4, -0.2) is 22.2 Å². The minimum Gasteiger partial charge on any atom is -0.311 e. The SMILES string of the molecule is Cc1cc(CNCC(C)(C)CCCCl)n(C)n1. The van der Waals surface area contributed by atoms with Crippen LogP contribution in [0.2, 0.25) is 0 Å². The molecule has 0 unspecified atom stereocenters. The molecule has 1 rings (SSSR count). The third-order valence-corrected chi connectivity index (χ3v) is 3.26. The summed E-state index contributed by atoms with van der Waals surface area (Å²) in [5.74, 6) is 0.754. The van der Waals surface area contributed by atoms with Crippen molar-refractivity contribution in [2.24, 2.45) is 12.5 Å². The predicted molar refractivity (Wildman–Crippen MR) is 73.4 cm³/mol. The molecule has 0 spiro atoms. The maximum atomic E-state index is 5.73. The minimum absolute atomic E-state index is 0.308. The number of aromatic nitrogens is 2. The second kappa shape index (κ2) is 6.41. The van der Waals surface area contributed by atoms with Crippen LogP contribution >= 0.6 is 11.6 Å². The first-order valence-electron chi connectivity index (χ1n) is 6.21. The van der Waals surface area contributed by atoms with Gasteiger partial charge in [0, 0.05) is 26.0 Å². The van der Waals surface area contributed by atoms with Gasteiger partial charge in [-0.1, -0.05) is 13.8 Å². The first-order chi connectivity index (χ1) is 7.94. The number of aryl methyl sites for hydroxylation is 2. The van der Waals surface area contributed by atoms with E-state index in [9.17, 15) is 0 Å². The van der Waals surface area contributed by atoms with E-state index in [0.29, 0.717) is 5.41 Å². The number of nitrogens with zero attached hydrogens (tertiary/aromatic N) is 2. The van der Waals surface area contributed by atoms with Gasteiger partial charge in [-0.25, -0.2) is 0 Å². The fourth-order valence-electron chi connectivity index (χ4n) is 1.99. The minimum atomic E-state index is 0.308. The quantitative estimate of drug-likeness (QED) is 0.762. The molecule has 1 N–H and O–H groups in total. The summed E-state index contributed by atoms with van der Waals surface area (Å²) in [6.45, 7) is 8.46. The molecule has 17 heavy (non-hydrogen) atoms. The fourth-order valence-corrected chi connectivity index (χ4v) is 2.13. The summed E-state index contributed by atoms with van der Waals surface area (Å²) >= 11 is 5.73. The summed E-state index contributed by atoms with van der Waals surface area (Å²) in [5.41, 5.74) is 2.61. The van der Waals surface area contributed by atoms with Crippen LogP contribution in [-0.2, 0) is 13.6 Å². The highest BCUT2D eigenvalue weighted by Gasteiger charge is 2.16. The van der Waals surface area contributed by atoms with Crippen LogP contribution in [0, 0.1) is 12.3 Å². The van der Waals surface area contributed by atoms with Crippen LogP contribution in [0.5, 0.6) is 0 Å². The largest absolute Gasteiger partial charge is 0.311 e. The first kappa shape index (κ1) is 14.5. The van der Waals surface area contributed by atoms with Gasteiger partial charge in [0.25, 0.3) is 0 Å². The second-order valence-electron chi connectivity index (χ2n) is 5.46. The van der Waals surface area contributed by atoms with Crippen LogP contribution in [0.15, 0.2) is 6.07 Å². The third-order valence-electron chi connectivity index (χ3n) is 3.00. The fraction of sp³-hybridized carbons (Fsp3) is 0.769. The van der Waals surface area contributed by atoms with E-state index in [2.05, 4.69) is 30.3 Å². The lowest BCUT2D eigenvalue weighted by Crippen LogP contribution is -2.29. The van der Waals surface area contributed by atoms with Gasteiger partial charge in [-0.3, -0.25) is 4.68 Å². The van der Waals surface area contributed by atoms with E-state index in [1.54, 1.807) is 0 Å². The molecule has 0 saturated carbocycles. The van der Waals surface area contributed by atoms with E-state index in [1.807, 2.05) is 18.7 Å². The van der Waals surface area contributed by atoms with Gasteiger partial charge in [0.15, 0.2) is 0 Å². The van der Waals surface area contributed by atoms with E-state index in [4.69, 9.17) is 11.6 Å². The van der Waals surface area contributed by atoms with Crippen LogP contribution in [0.4, 0.5) is 0 Å². The molecule has 0 atom stereocenters. The van der Waals surface area contributed by atoms with Gasteiger partial charge in [0.2, 0.25) is 0 Å². The Morgan fingerprint density at radius 1 is 1.47 bits per heavy atom. The average Bonchev–Trinajstić information content (AvgIpc) is 2.55. The molecule has 1 aromatic rings. The van der Waals surface area contributed by atoms with Crippen molar-refractivity contribution in [3.05, 3.63) is 17.5 Å². The van der Waals surface area contributed by atoms with Gasteiger partial charge >= 0.3 is 0 Å². The Labute approximate surface area is 110 Å². The lowest BCUT2D eigenvalue weighted by molar-refractivity contribution is 0.310. The van der Waals surface area contributed by atoms with E-state index in [0.717, 1.165) is 37.5 Å². The molecule has 1 heterocycles. The molecule has 3 nitrogen and oxygen atoms in total. The molecule has 1 aromatic heterocycles. The monoisotopic (exact) mass is 257 g/mol. The van der Waals surface area contributed by atoms with Crippen molar-refractivity contribution in [1.29, 1.82) is 0 Å². The van der Waals surface area contributed by atoms with Crippen molar-refractivity contribution >= 4 is 11.6 Å². The van der Waals surface area contributed by atoms with Gasteiger partial charge in [-0.2, -0.15) is 5.10 Å². The van der Waals surface area contributed by atoms with Gasteiger partial charge in [-0.05, 0) is 31.2 Å². The molecule has 0 aliphatic rings. The topological polar surface area (TPSA) is 29.9 Å². The zero-order valence-corrected chi connectivity index (χ0v) is 12.1. The number of nitrogens with one attached hydrogen (secondary N) is 1. The third kappa shape index (κ3) is 5.09. The molecule has 0 saturated heterocycles. The number of halogens is 1. The summed E-state index contributed by atoms with van der Waals surface area (Å²) in [6.07, 6.45) is 2.25. The smallest absolute Gasteiger partial charge is 0.0597 e. The number of hydrogen-bond acceptors (Lipinski definition) is 2. The summed E-state index contributed by atoms with van der Waals surface area (Å²) in [4.78, 5) is 0. The molecule has 0 fully saturated rings. The maximum Gasteiger partial charge on any atom is 0.0597 e. The molecular formula is C13H24ClN3. The Morgan fingerprint density at radius 2 is 2.18 bits per heavy atom. The molecule has 98 valence electrons. The van der Waals surface area contributed by atoms with Crippen LogP contribution in [0.3, 0.4) is 0 Å². The summed E-state index contributed by atoms with van der Waals surface area (Å²) < 4.78 is 1.94. The zero-order valence-electron chi connectivity index (χ0n) is 11.4. The summed E-state index contributed by atoms with van der Waals surface area (Å²) in [6, 6.07) is 2.12. The Kier molecular flexibility index (Phi) is 5.47. The van der Waals surface area contributed by atoms with Crippen molar-refractivity contribution in [2.75, 3.05) is 12.4 Å². The van der Waals surface area contributed by atoms with Crippen molar-refractivity contribution in [3.63, 3.8) is 0 Å². The summed E-state index contributed by atoms with van der Waals surface area (Å²) in [5, 5.41) is 7.84. The van der Waals surface area contributed by atoms with Gasteiger partial charge in [-0.15, -0.1) is 11.6 Å². The molecule has 0 radical (unpaired) electrons. The van der Waals surface area contributed by atoms with E-state index < -0.39 is 0 Å². The Bertz CT molecular complexity index is 344. The number of hydrogen-bond donors (Lipinski definition) is 1. The molecular weight excluding hydrogens is 234 g/mol. The molecule has 4 heteroatoms. The summed E-state index contributed by atoms with van der Waals surface area (Å²) in [7, 11) is 1.99. The predicted octanol–water partition coefficient (Wildman–Crippen LogP) is 2.86. The number of rotatable bonds is 7. The van der Waals surface area contributed by atoms with Gasteiger partial charge in [0.1, 0.15) is 0 Å². The van der Waals surface area contributed by atoms with E-state index >= 15 is 0 Å².